The summed E-state index contributed by atoms with van der Waals surface area (Å²) in [6.45, 7) is 3.53. The molecule has 9 heteroatoms. The molecule has 0 unspecified atom stereocenters. The van der Waals surface area contributed by atoms with Gasteiger partial charge in [0.15, 0.2) is 5.82 Å². The smallest absolute Gasteiger partial charge is 0.251 e. The third-order valence-corrected chi connectivity index (χ3v) is 7.05. The summed E-state index contributed by atoms with van der Waals surface area (Å²) in [6.07, 6.45) is 3.79. The molecule has 1 aromatic carbocycles. The maximum absolute atomic E-state index is 12.6. The standard InChI is InChI=1S/C18H23N5O3S/c1-13-11-14(23-9-4-10-27(23,25)26)6-7-15(13)18(24)19-12-17-21-20-16-5-2-3-8-22(16)17/h6-7,11H,2-5,8-10,12H2,1H3,(H,19,24). The molecule has 4 rings (SSSR count). The number of hydrogen-bond donors (Lipinski definition) is 1. The Morgan fingerprint density at radius 2 is 2.04 bits per heavy atom. The number of aryl methyl sites for hydroxylation is 2. The maximum Gasteiger partial charge on any atom is 0.251 e. The highest BCUT2D eigenvalue weighted by Gasteiger charge is 2.28. The molecule has 1 N–H and O–H groups in total. The molecule has 2 aromatic rings. The fraction of sp³-hybridized carbons (Fsp3) is 0.500. The number of nitrogens with one attached hydrogen (secondary N) is 1. The Morgan fingerprint density at radius 1 is 1.19 bits per heavy atom. The third kappa shape index (κ3) is 3.43. The van der Waals surface area contributed by atoms with E-state index in [-0.39, 0.29) is 11.7 Å². The second kappa shape index (κ2) is 6.95. The summed E-state index contributed by atoms with van der Waals surface area (Å²) in [5.74, 6) is 1.74. The number of benzene rings is 1. The molecule has 0 saturated carbocycles. The fourth-order valence-electron chi connectivity index (χ4n) is 3.74. The first-order chi connectivity index (χ1) is 13.0. The first kappa shape index (κ1) is 18.0. The quantitative estimate of drug-likeness (QED) is 0.852. The van der Waals surface area contributed by atoms with Gasteiger partial charge in [0.05, 0.1) is 18.0 Å². The number of aromatic nitrogens is 3. The number of fused-ring (bicyclic) bond motifs is 1. The zero-order valence-electron chi connectivity index (χ0n) is 15.3. The highest BCUT2D eigenvalue weighted by molar-refractivity contribution is 7.93. The van der Waals surface area contributed by atoms with E-state index in [0.29, 0.717) is 30.8 Å². The lowest BCUT2D eigenvalue weighted by molar-refractivity contribution is 0.0948. The molecule has 0 aliphatic carbocycles. The Kier molecular flexibility index (Phi) is 4.63. The largest absolute Gasteiger partial charge is 0.345 e. The van der Waals surface area contributed by atoms with Crippen LogP contribution < -0.4 is 9.62 Å². The summed E-state index contributed by atoms with van der Waals surface area (Å²) >= 11 is 0. The molecule has 8 nitrogen and oxygen atoms in total. The first-order valence-corrected chi connectivity index (χ1v) is 10.9. The van der Waals surface area contributed by atoms with E-state index in [0.717, 1.165) is 43.0 Å². The Labute approximate surface area is 158 Å². The van der Waals surface area contributed by atoms with Crippen molar-refractivity contribution in [2.45, 2.75) is 45.7 Å². The lowest BCUT2D eigenvalue weighted by Gasteiger charge is -2.18. The van der Waals surface area contributed by atoms with Gasteiger partial charge in [0, 0.05) is 25.1 Å². The van der Waals surface area contributed by atoms with Crippen molar-refractivity contribution >= 4 is 21.6 Å². The van der Waals surface area contributed by atoms with Crippen LogP contribution in [0.5, 0.6) is 0 Å². The van der Waals surface area contributed by atoms with Gasteiger partial charge >= 0.3 is 0 Å². The minimum atomic E-state index is -3.22. The van der Waals surface area contributed by atoms with Crippen molar-refractivity contribution in [2.75, 3.05) is 16.6 Å². The van der Waals surface area contributed by atoms with Gasteiger partial charge < -0.3 is 9.88 Å². The summed E-state index contributed by atoms with van der Waals surface area (Å²) in [5.41, 5.74) is 1.90. The van der Waals surface area contributed by atoms with Crippen LogP contribution in [0.15, 0.2) is 18.2 Å². The second-order valence-electron chi connectivity index (χ2n) is 7.06. The number of anilines is 1. The number of sulfonamides is 1. The monoisotopic (exact) mass is 389 g/mol. The Bertz CT molecular complexity index is 983. The van der Waals surface area contributed by atoms with E-state index < -0.39 is 10.0 Å². The number of rotatable bonds is 4. The van der Waals surface area contributed by atoms with Crippen LogP contribution in [0.1, 0.15) is 46.8 Å². The average Bonchev–Trinajstić information content (AvgIpc) is 3.22. The molecule has 0 spiro atoms. The number of nitrogens with zero attached hydrogens (tertiary/aromatic N) is 4. The lowest BCUT2D eigenvalue weighted by atomic mass is 10.1. The predicted octanol–water partition coefficient (Wildman–Crippen LogP) is 1.39. The topological polar surface area (TPSA) is 97.2 Å². The molecule has 1 fully saturated rings. The molecule has 0 radical (unpaired) electrons. The van der Waals surface area contributed by atoms with Crippen molar-refractivity contribution in [1.82, 2.24) is 20.1 Å². The zero-order chi connectivity index (χ0) is 19.0. The van der Waals surface area contributed by atoms with Crippen LogP contribution in [-0.2, 0) is 29.5 Å². The number of carbonyl (C=O) groups excluding carboxylic acids is 1. The zero-order valence-corrected chi connectivity index (χ0v) is 16.1. The van der Waals surface area contributed by atoms with Gasteiger partial charge in [0.2, 0.25) is 10.0 Å². The number of carbonyl (C=O) groups is 1. The summed E-state index contributed by atoms with van der Waals surface area (Å²) in [7, 11) is -3.22. The van der Waals surface area contributed by atoms with Gasteiger partial charge in [-0.05, 0) is 49.9 Å². The van der Waals surface area contributed by atoms with Gasteiger partial charge in [-0.1, -0.05) is 0 Å². The van der Waals surface area contributed by atoms with Crippen LogP contribution in [0.3, 0.4) is 0 Å². The normalized spacial score (nSPS) is 18.3. The van der Waals surface area contributed by atoms with Gasteiger partial charge in [-0.2, -0.15) is 0 Å². The van der Waals surface area contributed by atoms with E-state index in [1.807, 2.05) is 6.92 Å². The third-order valence-electron chi connectivity index (χ3n) is 5.19. The van der Waals surface area contributed by atoms with E-state index in [2.05, 4.69) is 20.1 Å². The second-order valence-corrected chi connectivity index (χ2v) is 9.08. The van der Waals surface area contributed by atoms with Crippen molar-refractivity contribution in [3.63, 3.8) is 0 Å². The first-order valence-electron chi connectivity index (χ1n) is 9.26. The predicted molar refractivity (Wildman–Crippen MR) is 101 cm³/mol. The van der Waals surface area contributed by atoms with Crippen molar-refractivity contribution in [1.29, 1.82) is 0 Å². The van der Waals surface area contributed by atoms with Crippen LogP contribution in [0, 0.1) is 6.92 Å². The molecule has 0 bridgehead atoms. The average molecular weight is 389 g/mol. The van der Waals surface area contributed by atoms with Crippen molar-refractivity contribution < 1.29 is 13.2 Å². The Balaban J connectivity index is 1.47. The minimum Gasteiger partial charge on any atom is -0.345 e. The van der Waals surface area contributed by atoms with Gasteiger partial charge in [-0.3, -0.25) is 9.10 Å². The molecular formula is C18H23N5O3S. The molecule has 2 aliphatic rings. The van der Waals surface area contributed by atoms with E-state index in [1.165, 1.54) is 4.31 Å². The van der Waals surface area contributed by atoms with Crippen molar-refractivity contribution in [3.8, 4) is 0 Å². The van der Waals surface area contributed by atoms with E-state index in [1.54, 1.807) is 18.2 Å². The number of amides is 1. The van der Waals surface area contributed by atoms with Crippen LogP contribution in [0.4, 0.5) is 5.69 Å². The van der Waals surface area contributed by atoms with Gasteiger partial charge in [0.1, 0.15) is 5.82 Å². The maximum atomic E-state index is 12.6. The van der Waals surface area contributed by atoms with E-state index in [4.69, 9.17) is 0 Å². The highest BCUT2D eigenvalue weighted by Crippen LogP contribution is 2.26. The van der Waals surface area contributed by atoms with Crippen LogP contribution in [-0.4, -0.2) is 41.4 Å². The molecule has 0 atom stereocenters. The summed E-state index contributed by atoms with van der Waals surface area (Å²) in [4.78, 5) is 12.6. The molecule has 27 heavy (non-hydrogen) atoms. The number of hydrogen-bond acceptors (Lipinski definition) is 5. The molecule has 144 valence electrons. The molecule has 1 saturated heterocycles. The van der Waals surface area contributed by atoms with E-state index in [9.17, 15) is 13.2 Å². The van der Waals surface area contributed by atoms with Crippen molar-refractivity contribution in [3.05, 3.63) is 41.0 Å². The lowest BCUT2D eigenvalue weighted by Crippen LogP contribution is -2.27. The minimum absolute atomic E-state index is 0.178. The highest BCUT2D eigenvalue weighted by atomic mass is 32.2. The van der Waals surface area contributed by atoms with Crippen molar-refractivity contribution in [2.24, 2.45) is 0 Å². The van der Waals surface area contributed by atoms with Crippen LogP contribution in [0.25, 0.3) is 0 Å². The van der Waals surface area contributed by atoms with E-state index >= 15 is 0 Å². The van der Waals surface area contributed by atoms with Crippen LogP contribution >= 0.6 is 0 Å². The molecule has 2 aliphatic heterocycles. The Morgan fingerprint density at radius 3 is 2.78 bits per heavy atom. The molecular weight excluding hydrogens is 366 g/mol. The molecule has 3 heterocycles. The summed E-state index contributed by atoms with van der Waals surface area (Å²) < 4.78 is 27.7. The summed E-state index contributed by atoms with van der Waals surface area (Å²) in [5, 5.41) is 11.3. The van der Waals surface area contributed by atoms with Gasteiger partial charge in [-0.25, -0.2) is 8.42 Å². The van der Waals surface area contributed by atoms with Crippen LogP contribution in [0.2, 0.25) is 0 Å². The SMILES string of the molecule is Cc1cc(N2CCCS2(=O)=O)ccc1C(=O)NCc1nnc2n1CCCC2. The van der Waals surface area contributed by atoms with Gasteiger partial charge in [-0.15, -0.1) is 10.2 Å². The fourth-order valence-corrected chi connectivity index (χ4v) is 5.30. The molecule has 1 amide bonds. The Hall–Kier alpha value is -2.42. The molecule has 1 aromatic heterocycles. The van der Waals surface area contributed by atoms with Gasteiger partial charge in [0.25, 0.3) is 5.91 Å². The summed E-state index contributed by atoms with van der Waals surface area (Å²) in [6, 6.07) is 5.15.